The molecule has 0 radical (unpaired) electrons. The minimum Gasteiger partial charge on any atom is -0.340 e. The zero-order chi connectivity index (χ0) is 10.2. The summed E-state index contributed by atoms with van der Waals surface area (Å²) < 4.78 is 0. The van der Waals surface area contributed by atoms with Crippen LogP contribution >= 0.6 is 0 Å². The second-order valence-corrected chi connectivity index (χ2v) is 3.43. The van der Waals surface area contributed by atoms with Crippen molar-refractivity contribution in [1.29, 1.82) is 0 Å². The van der Waals surface area contributed by atoms with Crippen LogP contribution in [0.1, 0.15) is 19.8 Å². The monoisotopic (exact) mass is 196 g/mol. The predicted molar refractivity (Wildman–Crippen MR) is 61.2 cm³/mol. The van der Waals surface area contributed by atoms with E-state index in [1.807, 2.05) is 0 Å². The molecule has 0 aliphatic carbocycles. The smallest absolute Gasteiger partial charge is 0.220 e. The van der Waals surface area contributed by atoms with Gasteiger partial charge in [0.1, 0.15) is 0 Å². The van der Waals surface area contributed by atoms with Crippen LogP contribution in [0.4, 0.5) is 0 Å². The van der Waals surface area contributed by atoms with Gasteiger partial charge < -0.3 is 10.2 Å². The summed E-state index contributed by atoms with van der Waals surface area (Å²) in [5.41, 5.74) is 0. The van der Waals surface area contributed by atoms with Crippen molar-refractivity contribution in [2.45, 2.75) is 19.8 Å². The van der Waals surface area contributed by atoms with Crippen molar-refractivity contribution in [2.24, 2.45) is 9.98 Å². The average Bonchev–Trinajstić information content (AvgIpc) is 2.48. The maximum absolute atomic E-state index is 4.41. The fraction of sp³-hybridized carbons (Fsp3) is 0.800. The molecule has 0 unspecified atom stereocenters. The third kappa shape index (κ3) is 3.46. The number of rotatable bonds is 2. The van der Waals surface area contributed by atoms with Crippen LogP contribution < -0.4 is 5.32 Å². The van der Waals surface area contributed by atoms with Crippen molar-refractivity contribution < 1.29 is 0 Å². The van der Waals surface area contributed by atoms with Gasteiger partial charge in [0.25, 0.3) is 0 Å². The lowest BCUT2D eigenvalue weighted by atomic mass is 10.4. The highest BCUT2D eigenvalue weighted by Crippen LogP contribution is 1.99. The predicted octanol–water partition coefficient (Wildman–Crippen LogP) is 0.748. The van der Waals surface area contributed by atoms with E-state index >= 15 is 0 Å². The molecule has 4 nitrogen and oxygen atoms in total. The van der Waals surface area contributed by atoms with Gasteiger partial charge in [-0.05, 0) is 26.1 Å². The van der Waals surface area contributed by atoms with Crippen LogP contribution in [0.3, 0.4) is 0 Å². The van der Waals surface area contributed by atoms with Gasteiger partial charge in [-0.3, -0.25) is 4.99 Å². The van der Waals surface area contributed by atoms with Gasteiger partial charge in [0.05, 0.1) is 0 Å². The topological polar surface area (TPSA) is 40.0 Å². The standard InChI is InChI=1S/C10H20N4/c1-3-5-13-10(11-2)14-8-4-6-12-7-9-14/h12H,2-9H2,1H3. The first-order valence-corrected chi connectivity index (χ1v) is 5.35. The summed E-state index contributed by atoms with van der Waals surface area (Å²) in [7, 11) is 0. The number of hydrogen-bond donors (Lipinski definition) is 1. The minimum atomic E-state index is 0.815. The molecule has 1 heterocycles. The van der Waals surface area contributed by atoms with Gasteiger partial charge in [0.15, 0.2) is 0 Å². The molecule has 0 aromatic heterocycles. The molecule has 1 aliphatic heterocycles. The molecule has 1 rings (SSSR count). The molecule has 14 heavy (non-hydrogen) atoms. The lowest BCUT2D eigenvalue weighted by molar-refractivity contribution is 0.440. The first kappa shape index (κ1) is 11.2. The van der Waals surface area contributed by atoms with E-state index in [0.717, 1.165) is 51.5 Å². The van der Waals surface area contributed by atoms with Gasteiger partial charge in [-0.25, -0.2) is 4.99 Å². The second kappa shape index (κ2) is 6.54. The molecule has 0 spiro atoms. The molecular weight excluding hydrogens is 176 g/mol. The van der Waals surface area contributed by atoms with Crippen molar-refractivity contribution in [2.75, 3.05) is 32.7 Å². The van der Waals surface area contributed by atoms with Crippen LogP contribution in [-0.2, 0) is 0 Å². The minimum absolute atomic E-state index is 0.815. The van der Waals surface area contributed by atoms with E-state index in [2.05, 4.69) is 33.8 Å². The largest absolute Gasteiger partial charge is 0.340 e. The Morgan fingerprint density at radius 1 is 1.43 bits per heavy atom. The molecule has 1 saturated heterocycles. The summed E-state index contributed by atoms with van der Waals surface area (Å²) in [5.74, 6) is 0.815. The molecule has 1 aliphatic rings. The van der Waals surface area contributed by atoms with Crippen molar-refractivity contribution in [1.82, 2.24) is 10.2 Å². The van der Waals surface area contributed by atoms with E-state index in [-0.39, 0.29) is 0 Å². The van der Waals surface area contributed by atoms with Gasteiger partial charge >= 0.3 is 0 Å². The zero-order valence-corrected chi connectivity index (χ0v) is 9.00. The molecule has 80 valence electrons. The third-order valence-corrected chi connectivity index (χ3v) is 2.24. The Morgan fingerprint density at radius 3 is 3.00 bits per heavy atom. The van der Waals surface area contributed by atoms with Gasteiger partial charge in [-0.2, -0.15) is 0 Å². The quantitative estimate of drug-likeness (QED) is 0.523. The van der Waals surface area contributed by atoms with E-state index in [0.29, 0.717) is 0 Å². The first-order valence-electron chi connectivity index (χ1n) is 5.35. The number of hydrogen-bond acceptors (Lipinski definition) is 2. The fourth-order valence-electron chi connectivity index (χ4n) is 1.51. The molecule has 1 fully saturated rings. The average molecular weight is 196 g/mol. The molecule has 0 atom stereocenters. The van der Waals surface area contributed by atoms with Crippen LogP contribution in [0.5, 0.6) is 0 Å². The maximum atomic E-state index is 4.41. The van der Waals surface area contributed by atoms with E-state index in [9.17, 15) is 0 Å². The molecule has 0 saturated carbocycles. The van der Waals surface area contributed by atoms with Crippen LogP contribution in [0, 0.1) is 0 Å². The van der Waals surface area contributed by atoms with Gasteiger partial charge in [0.2, 0.25) is 5.96 Å². The normalized spacial score (nSPS) is 19.2. The maximum Gasteiger partial charge on any atom is 0.220 e. The molecule has 0 bridgehead atoms. The molecular formula is C10H20N4. The van der Waals surface area contributed by atoms with Gasteiger partial charge in [0, 0.05) is 26.2 Å². The van der Waals surface area contributed by atoms with E-state index in [1.165, 1.54) is 0 Å². The first-order chi connectivity index (χ1) is 6.88. The van der Waals surface area contributed by atoms with Crippen molar-refractivity contribution in [3.05, 3.63) is 0 Å². The Balaban J connectivity index is 2.52. The summed E-state index contributed by atoms with van der Waals surface area (Å²) in [6.45, 7) is 10.7. The summed E-state index contributed by atoms with van der Waals surface area (Å²) >= 11 is 0. The number of aliphatic imine (C=N–C) groups is 2. The van der Waals surface area contributed by atoms with Crippen LogP contribution in [-0.4, -0.2) is 50.3 Å². The number of guanidine groups is 1. The summed E-state index contributed by atoms with van der Waals surface area (Å²) in [6, 6.07) is 0. The Labute approximate surface area is 86.1 Å². The fourth-order valence-corrected chi connectivity index (χ4v) is 1.51. The van der Waals surface area contributed by atoms with Gasteiger partial charge in [-0.15, -0.1) is 0 Å². The van der Waals surface area contributed by atoms with Crippen LogP contribution in [0.2, 0.25) is 0 Å². The molecule has 4 heteroatoms. The lowest BCUT2D eigenvalue weighted by Crippen LogP contribution is -2.33. The van der Waals surface area contributed by atoms with Crippen molar-refractivity contribution in [3.8, 4) is 0 Å². The third-order valence-electron chi connectivity index (χ3n) is 2.24. The Bertz CT molecular complexity index is 192. The van der Waals surface area contributed by atoms with Crippen molar-refractivity contribution in [3.63, 3.8) is 0 Å². The summed E-state index contributed by atoms with van der Waals surface area (Å²) in [5, 5.41) is 3.35. The SMILES string of the molecule is C=NC(=NCCC)N1CCCNCC1. The molecule has 0 aromatic rings. The highest BCUT2D eigenvalue weighted by molar-refractivity contribution is 5.84. The molecule has 0 aromatic carbocycles. The van der Waals surface area contributed by atoms with Crippen LogP contribution in [0.25, 0.3) is 0 Å². The summed E-state index contributed by atoms with van der Waals surface area (Å²) in [6.07, 6.45) is 2.21. The Hall–Kier alpha value is -0.900. The second-order valence-electron chi connectivity index (χ2n) is 3.43. The number of nitrogens with zero attached hydrogens (tertiary/aromatic N) is 3. The zero-order valence-electron chi connectivity index (χ0n) is 9.00. The molecule has 1 N–H and O–H groups in total. The van der Waals surface area contributed by atoms with E-state index < -0.39 is 0 Å². The Morgan fingerprint density at radius 2 is 2.29 bits per heavy atom. The number of nitrogens with one attached hydrogen (secondary N) is 1. The van der Waals surface area contributed by atoms with E-state index in [4.69, 9.17) is 0 Å². The summed E-state index contributed by atoms with van der Waals surface area (Å²) in [4.78, 5) is 10.6. The molecule has 0 amide bonds. The Kier molecular flexibility index (Phi) is 5.22. The highest BCUT2D eigenvalue weighted by atomic mass is 15.3. The van der Waals surface area contributed by atoms with Crippen molar-refractivity contribution >= 4 is 12.7 Å². The highest BCUT2D eigenvalue weighted by Gasteiger charge is 2.11. The van der Waals surface area contributed by atoms with Crippen LogP contribution in [0.15, 0.2) is 9.98 Å². The van der Waals surface area contributed by atoms with E-state index in [1.54, 1.807) is 0 Å². The lowest BCUT2D eigenvalue weighted by Gasteiger charge is -2.20. The van der Waals surface area contributed by atoms with Gasteiger partial charge in [-0.1, -0.05) is 6.92 Å².